The zero-order valence-electron chi connectivity index (χ0n) is 9.06. The van der Waals surface area contributed by atoms with Crippen molar-refractivity contribution in [1.82, 2.24) is 0 Å². The summed E-state index contributed by atoms with van der Waals surface area (Å²) in [5.41, 5.74) is 0. The second-order valence-electron chi connectivity index (χ2n) is 4.00. The normalized spacial score (nSPS) is 13.3. The molecule has 1 atom stereocenters. The fourth-order valence-corrected chi connectivity index (χ4v) is 14.1. The SMILES string of the molecule is [SiH3][SiH]([SiH2]c1ccccc1)c1ccccc1. The van der Waals surface area contributed by atoms with Gasteiger partial charge < -0.3 is 0 Å². The lowest BCUT2D eigenvalue weighted by Gasteiger charge is -2.09. The minimum Gasteiger partial charge on any atom is -0.0697 e. The van der Waals surface area contributed by atoms with E-state index in [1.54, 1.807) is 10.4 Å². The highest BCUT2D eigenvalue weighted by atomic mass is 29.5. The summed E-state index contributed by atoms with van der Waals surface area (Å²) in [4.78, 5) is 0. The van der Waals surface area contributed by atoms with Crippen LogP contribution in [0.1, 0.15) is 0 Å². The van der Waals surface area contributed by atoms with Gasteiger partial charge in [-0.3, -0.25) is 0 Å². The lowest BCUT2D eigenvalue weighted by atomic mass is 10.4. The average Bonchev–Trinajstić information content (AvgIpc) is 2.31. The summed E-state index contributed by atoms with van der Waals surface area (Å²) in [5, 5.41) is 3.33. The Morgan fingerprint density at radius 3 is 1.93 bits per heavy atom. The predicted octanol–water partition coefficient (Wildman–Crippen LogP) is -1.03. The Balaban J connectivity index is 2.08. The molecule has 76 valence electrons. The van der Waals surface area contributed by atoms with Gasteiger partial charge in [0.2, 0.25) is 0 Å². The predicted molar refractivity (Wildman–Crippen MR) is 77.8 cm³/mol. The Hall–Kier alpha value is -0.909. The van der Waals surface area contributed by atoms with Crippen LogP contribution < -0.4 is 10.4 Å². The van der Waals surface area contributed by atoms with Crippen LogP contribution in [0.15, 0.2) is 60.7 Å². The molecule has 2 aromatic carbocycles. The molecule has 0 aromatic heterocycles. The van der Waals surface area contributed by atoms with Crippen molar-refractivity contribution in [3.8, 4) is 0 Å². The molecule has 0 N–H and O–H groups in total. The maximum atomic E-state index is 2.33. The monoisotopic (exact) mass is 244 g/mol. The van der Waals surface area contributed by atoms with Crippen molar-refractivity contribution in [2.75, 3.05) is 0 Å². The summed E-state index contributed by atoms with van der Waals surface area (Å²) in [7, 11) is 0.918. The largest absolute Gasteiger partial charge is 0.0697 e. The van der Waals surface area contributed by atoms with Gasteiger partial charge in [0.1, 0.15) is 0 Å². The molecule has 0 saturated carbocycles. The van der Waals surface area contributed by atoms with E-state index in [9.17, 15) is 0 Å². The molecule has 0 amide bonds. The van der Waals surface area contributed by atoms with Crippen molar-refractivity contribution < 1.29 is 0 Å². The molecular weight excluding hydrogens is 228 g/mol. The molecule has 2 rings (SSSR count). The van der Waals surface area contributed by atoms with Crippen LogP contribution in [0.4, 0.5) is 0 Å². The molecule has 0 nitrogen and oxygen atoms in total. The third-order valence-corrected chi connectivity index (χ3v) is 16.2. The zero-order chi connectivity index (χ0) is 10.5. The van der Waals surface area contributed by atoms with Gasteiger partial charge in [-0.15, -0.1) is 0 Å². The van der Waals surface area contributed by atoms with Gasteiger partial charge in [-0.25, -0.2) is 0 Å². The summed E-state index contributed by atoms with van der Waals surface area (Å²) < 4.78 is 0. The van der Waals surface area contributed by atoms with Crippen molar-refractivity contribution in [3.05, 3.63) is 60.7 Å². The van der Waals surface area contributed by atoms with Crippen LogP contribution in [0.5, 0.6) is 0 Å². The first-order chi connectivity index (χ1) is 7.36. The van der Waals surface area contributed by atoms with Crippen LogP contribution in [0.3, 0.4) is 0 Å². The number of hydrogen-bond acceptors (Lipinski definition) is 0. The Morgan fingerprint density at radius 1 is 0.800 bits per heavy atom. The lowest BCUT2D eigenvalue weighted by molar-refractivity contribution is 1.76. The minimum absolute atomic E-state index is 0.0153. The molecule has 0 aliphatic carbocycles. The summed E-state index contributed by atoms with van der Waals surface area (Å²) in [6, 6.07) is 22.3. The first-order valence-corrected chi connectivity index (χ1v) is 14.6. The molecule has 0 radical (unpaired) electrons. The van der Waals surface area contributed by atoms with Crippen molar-refractivity contribution in [2.45, 2.75) is 0 Å². The first-order valence-electron chi connectivity index (χ1n) is 5.45. The number of hydrogen-bond donors (Lipinski definition) is 0. The van der Waals surface area contributed by atoms with Crippen LogP contribution >= 0.6 is 0 Å². The Kier molecular flexibility index (Phi) is 3.71. The molecule has 0 bridgehead atoms. The molecule has 0 aliphatic rings. The van der Waals surface area contributed by atoms with Crippen LogP contribution in [0.2, 0.25) is 0 Å². The van der Waals surface area contributed by atoms with Gasteiger partial charge in [0.15, 0.2) is 0 Å². The van der Waals surface area contributed by atoms with Crippen LogP contribution in [0, 0.1) is 0 Å². The van der Waals surface area contributed by atoms with Crippen LogP contribution in [0.25, 0.3) is 0 Å². The molecule has 2 aromatic rings. The minimum atomic E-state index is -0.509. The van der Waals surface area contributed by atoms with E-state index in [0.29, 0.717) is 0 Å². The fraction of sp³-hybridized carbons (Fsp3) is 0. The van der Waals surface area contributed by atoms with Crippen molar-refractivity contribution in [1.29, 1.82) is 0 Å². The maximum Gasteiger partial charge on any atom is 0.0480 e. The highest BCUT2D eigenvalue weighted by Gasteiger charge is 2.07. The van der Waals surface area contributed by atoms with Crippen molar-refractivity contribution in [3.63, 3.8) is 0 Å². The highest BCUT2D eigenvalue weighted by molar-refractivity contribution is 7.43. The molecule has 0 spiro atoms. The molecule has 15 heavy (non-hydrogen) atoms. The van der Waals surface area contributed by atoms with Gasteiger partial charge >= 0.3 is 0 Å². The number of rotatable bonds is 3. The molecule has 3 heteroatoms. The lowest BCUT2D eigenvalue weighted by Crippen LogP contribution is -2.43. The Bertz CT molecular complexity index is 400. The van der Waals surface area contributed by atoms with Crippen molar-refractivity contribution >= 4 is 37.0 Å². The molecule has 0 fully saturated rings. The molecule has 1 unspecified atom stereocenters. The summed E-state index contributed by atoms with van der Waals surface area (Å²) in [6.45, 7) is 0. The van der Waals surface area contributed by atoms with Crippen LogP contribution in [-0.4, -0.2) is 26.6 Å². The Morgan fingerprint density at radius 2 is 1.33 bits per heavy atom. The average molecular weight is 245 g/mol. The summed E-state index contributed by atoms with van der Waals surface area (Å²) in [6.07, 6.45) is 0. The number of benzene rings is 2. The van der Waals surface area contributed by atoms with E-state index in [1.807, 2.05) is 0 Å². The fourth-order valence-electron chi connectivity index (χ4n) is 1.87. The first kappa shape index (κ1) is 10.6. The smallest absolute Gasteiger partial charge is 0.0480 e. The topological polar surface area (TPSA) is 0 Å². The van der Waals surface area contributed by atoms with Gasteiger partial charge in [-0.1, -0.05) is 71.0 Å². The van der Waals surface area contributed by atoms with E-state index >= 15 is 0 Å². The summed E-state index contributed by atoms with van der Waals surface area (Å²) in [5.74, 6) is 0. The maximum absolute atomic E-state index is 2.33. The molecule has 0 aliphatic heterocycles. The third kappa shape index (κ3) is 3.02. The van der Waals surface area contributed by atoms with Crippen LogP contribution in [-0.2, 0) is 0 Å². The van der Waals surface area contributed by atoms with Gasteiger partial charge in [-0.2, -0.15) is 0 Å². The quantitative estimate of drug-likeness (QED) is 0.606. The van der Waals surface area contributed by atoms with E-state index in [4.69, 9.17) is 0 Å². The summed E-state index contributed by atoms with van der Waals surface area (Å²) >= 11 is 0. The second-order valence-corrected chi connectivity index (χ2v) is 21.7. The molecular formula is C12H16Si3. The van der Waals surface area contributed by atoms with E-state index in [-0.39, 0.29) is 9.04 Å². The second kappa shape index (κ2) is 5.25. The van der Waals surface area contributed by atoms with E-state index < -0.39 is 7.83 Å². The van der Waals surface area contributed by atoms with Crippen molar-refractivity contribution in [2.24, 2.45) is 0 Å². The van der Waals surface area contributed by atoms with E-state index in [0.717, 1.165) is 0 Å². The standard InChI is InChI=1S/C12H16Si3/c13-15(12-9-5-2-6-10-12)14-11-7-3-1-4-8-11/h1-10,15H,14H2,13H3. The third-order valence-electron chi connectivity index (χ3n) is 2.75. The Labute approximate surface area is 97.8 Å². The highest BCUT2D eigenvalue weighted by Crippen LogP contribution is 1.87. The molecule has 0 saturated heterocycles. The zero-order valence-corrected chi connectivity index (χ0v) is 13.6. The molecule has 0 heterocycles. The van der Waals surface area contributed by atoms with Gasteiger partial charge in [-0.05, 0) is 9.76 Å². The van der Waals surface area contributed by atoms with Gasteiger partial charge in [0.25, 0.3) is 0 Å². The van der Waals surface area contributed by atoms with Gasteiger partial charge in [0.05, 0.1) is 0 Å². The van der Waals surface area contributed by atoms with E-state index in [2.05, 4.69) is 60.7 Å². The van der Waals surface area contributed by atoms with Gasteiger partial charge in [0, 0.05) is 16.9 Å². The van der Waals surface area contributed by atoms with E-state index in [1.165, 1.54) is 9.76 Å².